The van der Waals surface area contributed by atoms with Gasteiger partial charge in [0.05, 0.1) is 29.9 Å². The van der Waals surface area contributed by atoms with Crippen molar-refractivity contribution in [1.29, 1.82) is 0 Å². The van der Waals surface area contributed by atoms with Gasteiger partial charge in [0.25, 0.3) is 11.7 Å². The van der Waals surface area contributed by atoms with Gasteiger partial charge in [-0.3, -0.25) is 9.59 Å². The van der Waals surface area contributed by atoms with Crippen molar-refractivity contribution in [1.82, 2.24) is 4.90 Å². The Hall–Kier alpha value is -2.90. The zero-order chi connectivity index (χ0) is 21.8. The molecule has 0 spiro atoms. The van der Waals surface area contributed by atoms with E-state index >= 15 is 0 Å². The number of halogens is 2. The van der Waals surface area contributed by atoms with E-state index in [1.54, 1.807) is 12.1 Å². The largest absolute Gasteiger partial charge is 0.507 e. The summed E-state index contributed by atoms with van der Waals surface area (Å²) >= 11 is 6.21. The first-order valence-corrected chi connectivity index (χ1v) is 9.72. The van der Waals surface area contributed by atoms with Gasteiger partial charge in [0.1, 0.15) is 17.3 Å². The molecule has 158 valence electrons. The summed E-state index contributed by atoms with van der Waals surface area (Å²) < 4.78 is 23.9. The van der Waals surface area contributed by atoms with Gasteiger partial charge < -0.3 is 19.5 Å². The Morgan fingerprint density at radius 3 is 2.50 bits per heavy atom. The van der Waals surface area contributed by atoms with Gasteiger partial charge in [0.2, 0.25) is 0 Å². The van der Waals surface area contributed by atoms with Crippen LogP contribution < -0.4 is 4.74 Å². The van der Waals surface area contributed by atoms with Gasteiger partial charge in [-0.05, 0) is 42.8 Å². The Labute approximate surface area is 178 Å². The fourth-order valence-corrected chi connectivity index (χ4v) is 3.60. The number of aliphatic hydroxyl groups is 1. The Bertz CT molecular complexity index is 990. The van der Waals surface area contributed by atoms with Gasteiger partial charge in [-0.1, -0.05) is 23.7 Å². The molecule has 8 heteroatoms. The minimum Gasteiger partial charge on any atom is -0.507 e. The zero-order valence-corrected chi connectivity index (χ0v) is 17.3. The van der Waals surface area contributed by atoms with Crippen LogP contribution in [0.3, 0.4) is 0 Å². The molecule has 1 aliphatic heterocycles. The molecular formula is C22H21ClFNO5. The predicted octanol–water partition coefficient (Wildman–Crippen LogP) is 3.95. The van der Waals surface area contributed by atoms with Crippen molar-refractivity contribution in [2.24, 2.45) is 0 Å². The molecule has 0 aliphatic carbocycles. The first kappa shape index (κ1) is 21.8. The summed E-state index contributed by atoms with van der Waals surface area (Å²) in [7, 11) is 1.48. The Balaban J connectivity index is 2.13. The summed E-state index contributed by atoms with van der Waals surface area (Å²) in [6, 6.07) is 9.14. The molecule has 0 unspecified atom stereocenters. The number of hydrogen-bond acceptors (Lipinski definition) is 5. The molecule has 0 bridgehead atoms. The monoisotopic (exact) mass is 433 g/mol. The van der Waals surface area contributed by atoms with Crippen molar-refractivity contribution in [2.45, 2.75) is 13.0 Å². The highest BCUT2D eigenvalue weighted by Gasteiger charge is 2.45. The lowest BCUT2D eigenvalue weighted by atomic mass is 9.95. The van der Waals surface area contributed by atoms with Crippen LogP contribution in [0.1, 0.15) is 24.1 Å². The molecular weight excluding hydrogens is 413 g/mol. The van der Waals surface area contributed by atoms with Crippen molar-refractivity contribution in [2.75, 3.05) is 26.9 Å². The SMILES string of the molecule is CCOc1ccc(C(O)=C2C(=O)C(=O)N(CCOC)[C@H]2c2ccc(F)cc2)cc1Cl. The molecule has 3 rings (SSSR count). The topological polar surface area (TPSA) is 76.1 Å². The average molecular weight is 434 g/mol. The first-order chi connectivity index (χ1) is 14.4. The molecule has 1 N–H and O–H groups in total. The quantitative estimate of drug-likeness (QED) is 0.406. The highest BCUT2D eigenvalue weighted by molar-refractivity contribution is 6.46. The molecule has 30 heavy (non-hydrogen) atoms. The second-order valence-electron chi connectivity index (χ2n) is 6.62. The number of methoxy groups -OCH3 is 1. The Morgan fingerprint density at radius 2 is 1.90 bits per heavy atom. The molecule has 0 aromatic heterocycles. The summed E-state index contributed by atoms with van der Waals surface area (Å²) in [5.74, 6) is -1.98. The number of likely N-dealkylation sites (tertiary alicyclic amines) is 1. The molecule has 1 amide bonds. The number of Topliss-reactive ketones (excluding diaryl/α,β-unsaturated/α-hetero) is 1. The maximum Gasteiger partial charge on any atom is 0.295 e. The third-order valence-corrected chi connectivity index (χ3v) is 5.06. The van der Waals surface area contributed by atoms with E-state index in [9.17, 15) is 19.1 Å². The van der Waals surface area contributed by atoms with E-state index in [0.29, 0.717) is 17.9 Å². The van der Waals surface area contributed by atoms with Crippen LogP contribution in [0.15, 0.2) is 48.0 Å². The van der Waals surface area contributed by atoms with Crippen LogP contribution in [-0.2, 0) is 14.3 Å². The van der Waals surface area contributed by atoms with E-state index < -0.39 is 23.5 Å². The number of carbonyl (C=O) groups is 2. The van der Waals surface area contributed by atoms with E-state index in [0.717, 1.165) is 0 Å². The maximum absolute atomic E-state index is 13.4. The predicted molar refractivity (Wildman–Crippen MR) is 110 cm³/mol. The van der Waals surface area contributed by atoms with Gasteiger partial charge in [-0.25, -0.2) is 4.39 Å². The van der Waals surface area contributed by atoms with Crippen molar-refractivity contribution in [3.05, 3.63) is 70.0 Å². The van der Waals surface area contributed by atoms with E-state index in [-0.39, 0.29) is 35.1 Å². The van der Waals surface area contributed by atoms with Gasteiger partial charge in [-0.2, -0.15) is 0 Å². The number of aliphatic hydroxyl groups excluding tert-OH is 1. The molecule has 1 saturated heterocycles. The lowest BCUT2D eigenvalue weighted by Crippen LogP contribution is -2.32. The normalized spacial score (nSPS) is 18.1. The lowest BCUT2D eigenvalue weighted by molar-refractivity contribution is -0.140. The number of hydrogen-bond donors (Lipinski definition) is 1. The zero-order valence-electron chi connectivity index (χ0n) is 16.5. The average Bonchev–Trinajstić information content (AvgIpc) is 2.98. The summed E-state index contributed by atoms with van der Waals surface area (Å²) in [4.78, 5) is 26.8. The highest BCUT2D eigenvalue weighted by atomic mass is 35.5. The number of rotatable bonds is 7. The number of carbonyl (C=O) groups excluding carboxylic acids is 2. The van der Waals surface area contributed by atoms with Gasteiger partial charge in [0.15, 0.2) is 0 Å². The van der Waals surface area contributed by atoms with Crippen molar-refractivity contribution >= 4 is 29.1 Å². The molecule has 1 heterocycles. The summed E-state index contributed by atoms with van der Waals surface area (Å²) in [6.45, 7) is 2.55. The second kappa shape index (κ2) is 9.28. The lowest BCUT2D eigenvalue weighted by Gasteiger charge is -2.25. The molecule has 1 atom stereocenters. The van der Waals surface area contributed by atoms with Crippen LogP contribution in [0, 0.1) is 5.82 Å². The molecule has 1 aliphatic rings. The van der Waals surface area contributed by atoms with Crippen LogP contribution in [0.4, 0.5) is 4.39 Å². The molecule has 1 fully saturated rings. The fraction of sp³-hybridized carbons (Fsp3) is 0.273. The number of ether oxygens (including phenoxy) is 2. The van der Waals surface area contributed by atoms with E-state index in [1.165, 1.54) is 42.3 Å². The minimum atomic E-state index is -0.883. The maximum atomic E-state index is 13.4. The Morgan fingerprint density at radius 1 is 1.20 bits per heavy atom. The fourth-order valence-electron chi connectivity index (χ4n) is 3.37. The molecule has 2 aromatic rings. The van der Waals surface area contributed by atoms with Crippen LogP contribution in [-0.4, -0.2) is 48.6 Å². The van der Waals surface area contributed by atoms with Gasteiger partial charge in [0, 0.05) is 19.2 Å². The molecule has 0 radical (unpaired) electrons. The third-order valence-electron chi connectivity index (χ3n) is 4.77. The van der Waals surface area contributed by atoms with Crippen molar-refractivity contribution in [3.8, 4) is 5.75 Å². The standard InChI is InChI=1S/C22H21ClFNO5/c1-3-30-17-9-6-14(12-16(17)23)20(26)18-19(13-4-7-15(24)8-5-13)25(10-11-29-2)22(28)21(18)27/h4-9,12,19,26H,3,10-11H2,1-2H3/t19-/m0/s1. The molecule has 0 saturated carbocycles. The number of amides is 1. The third kappa shape index (κ3) is 4.17. The summed E-state index contributed by atoms with van der Waals surface area (Å²) in [6.07, 6.45) is 0. The Kier molecular flexibility index (Phi) is 6.74. The summed E-state index contributed by atoms with van der Waals surface area (Å²) in [5, 5.41) is 11.2. The second-order valence-corrected chi connectivity index (χ2v) is 7.02. The van der Waals surface area contributed by atoms with Crippen LogP contribution in [0.2, 0.25) is 5.02 Å². The van der Waals surface area contributed by atoms with Gasteiger partial charge >= 0.3 is 0 Å². The smallest absolute Gasteiger partial charge is 0.295 e. The van der Waals surface area contributed by atoms with Crippen molar-refractivity contribution < 1.29 is 28.6 Å². The van der Waals surface area contributed by atoms with E-state index in [4.69, 9.17) is 21.1 Å². The van der Waals surface area contributed by atoms with Gasteiger partial charge in [-0.15, -0.1) is 0 Å². The molecule has 6 nitrogen and oxygen atoms in total. The number of ketones is 1. The van der Waals surface area contributed by atoms with Crippen LogP contribution in [0.25, 0.3) is 5.76 Å². The molecule has 2 aromatic carbocycles. The van der Waals surface area contributed by atoms with E-state index in [2.05, 4.69) is 0 Å². The first-order valence-electron chi connectivity index (χ1n) is 9.34. The summed E-state index contributed by atoms with van der Waals surface area (Å²) in [5.41, 5.74) is 0.661. The highest BCUT2D eigenvalue weighted by Crippen LogP contribution is 2.40. The number of benzene rings is 2. The number of nitrogens with zero attached hydrogens (tertiary/aromatic N) is 1. The van der Waals surface area contributed by atoms with E-state index in [1.807, 2.05) is 6.92 Å². The van der Waals surface area contributed by atoms with Crippen molar-refractivity contribution in [3.63, 3.8) is 0 Å². The van der Waals surface area contributed by atoms with Crippen LogP contribution in [0.5, 0.6) is 5.75 Å². The van der Waals surface area contributed by atoms with Crippen LogP contribution >= 0.6 is 11.6 Å². The minimum absolute atomic E-state index is 0.0945.